The SMILES string of the molecule is [2H]c1c([2H])c(-c2c3ccccc3c(-c3ccccc3)c3ccccc23)c([2H])c([2H])c1-c1ccc2oc3c(-c4ccccc4)cccc3c2c1. The van der Waals surface area contributed by atoms with Gasteiger partial charge in [0.05, 0.1) is 5.48 Å². The zero-order valence-electron chi connectivity index (χ0n) is 28.3. The van der Waals surface area contributed by atoms with Crippen molar-refractivity contribution in [2.24, 2.45) is 0 Å². The molecule has 0 aliphatic heterocycles. The molecule has 0 unspecified atom stereocenters. The molecule has 1 aromatic heterocycles. The maximum Gasteiger partial charge on any atom is 0.143 e. The molecule has 210 valence electrons. The zero-order valence-corrected chi connectivity index (χ0v) is 24.3. The molecule has 9 rings (SSSR count). The van der Waals surface area contributed by atoms with Crippen LogP contribution >= 0.6 is 0 Å². The molecule has 0 saturated heterocycles. The molecule has 0 spiro atoms. The molecular formula is C44H28O. The first-order valence-corrected chi connectivity index (χ1v) is 15.1. The van der Waals surface area contributed by atoms with Crippen LogP contribution in [0.25, 0.3) is 88.0 Å². The van der Waals surface area contributed by atoms with E-state index >= 15 is 0 Å². The molecule has 0 N–H and O–H groups in total. The van der Waals surface area contributed by atoms with Gasteiger partial charge >= 0.3 is 0 Å². The van der Waals surface area contributed by atoms with Gasteiger partial charge in [-0.2, -0.15) is 0 Å². The summed E-state index contributed by atoms with van der Waals surface area (Å²) in [5.41, 5.74) is 7.56. The van der Waals surface area contributed by atoms with Gasteiger partial charge in [-0.05, 0) is 72.6 Å². The first kappa shape index (κ1) is 21.7. The molecule has 0 saturated carbocycles. The van der Waals surface area contributed by atoms with Crippen LogP contribution in [-0.2, 0) is 0 Å². The van der Waals surface area contributed by atoms with Gasteiger partial charge in [-0.1, -0.05) is 158 Å². The van der Waals surface area contributed by atoms with Crippen molar-refractivity contribution in [2.45, 2.75) is 0 Å². The smallest absolute Gasteiger partial charge is 0.143 e. The summed E-state index contributed by atoms with van der Waals surface area (Å²) in [4.78, 5) is 0. The molecule has 8 aromatic carbocycles. The fraction of sp³-hybridized carbons (Fsp3) is 0. The van der Waals surface area contributed by atoms with Gasteiger partial charge in [-0.25, -0.2) is 0 Å². The summed E-state index contributed by atoms with van der Waals surface area (Å²) in [5.74, 6) is 0. The molecule has 0 aliphatic rings. The maximum absolute atomic E-state index is 9.41. The standard InChI is InChI=1S/C44H28O/c1-3-12-30(13-4-1)34-20-11-21-39-40-28-33(26-27-41(40)45-44(34)39)29-22-24-32(25-23-29)43-37-18-9-7-16-35(37)42(31-14-5-2-6-15-31)36-17-8-10-19-38(36)43/h1-28H/i22D,23D,24D,25D. The topological polar surface area (TPSA) is 13.1 Å². The Balaban J connectivity index is 1.28. The highest BCUT2D eigenvalue weighted by atomic mass is 16.3. The van der Waals surface area contributed by atoms with E-state index in [1.54, 1.807) is 0 Å². The second kappa shape index (κ2) is 10.4. The lowest BCUT2D eigenvalue weighted by Gasteiger charge is -2.18. The van der Waals surface area contributed by atoms with Gasteiger partial charge in [-0.15, -0.1) is 0 Å². The molecule has 0 amide bonds. The van der Waals surface area contributed by atoms with Crippen molar-refractivity contribution in [3.8, 4) is 44.5 Å². The van der Waals surface area contributed by atoms with Gasteiger partial charge in [-0.3, -0.25) is 0 Å². The van der Waals surface area contributed by atoms with Gasteiger partial charge in [0.15, 0.2) is 0 Å². The van der Waals surface area contributed by atoms with E-state index in [0.29, 0.717) is 22.3 Å². The number of benzene rings is 8. The minimum atomic E-state index is -0.0755. The van der Waals surface area contributed by atoms with Crippen molar-refractivity contribution in [2.75, 3.05) is 0 Å². The van der Waals surface area contributed by atoms with E-state index in [-0.39, 0.29) is 29.7 Å². The van der Waals surface area contributed by atoms with Crippen LogP contribution in [0.15, 0.2) is 174 Å². The summed E-state index contributed by atoms with van der Waals surface area (Å²) in [6.45, 7) is 0. The molecule has 0 atom stereocenters. The van der Waals surface area contributed by atoms with Crippen LogP contribution in [0.4, 0.5) is 0 Å². The summed E-state index contributed by atoms with van der Waals surface area (Å²) in [6, 6.07) is 47.9. The highest BCUT2D eigenvalue weighted by Crippen LogP contribution is 2.44. The molecule has 9 aromatic rings. The second-order valence-corrected chi connectivity index (χ2v) is 11.3. The fourth-order valence-electron chi connectivity index (χ4n) is 6.69. The Morgan fingerprint density at radius 3 is 1.49 bits per heavy atom. The molecule has 0 bridgehead atoms. The van der Waals surface area contributed by atoms with E-state index in [1.807, 2.05) is 109 Å². The van der Waals surface area contributed by atoms with Crippen LogP contribution in [0.1, 0.15) is 5.48 Å². The predicted octanol–water partition coefficient (Wildman–Crippen LogP) is 12.6. The van der Waals surface area contributed by atoms with Crippen molar-refractivity contribution >= 4 is 43.5 Å². The van der Waals surface area contributed by atoms with Gasteiger partial charge < -0.3 is 4.42 Å². The number of rotatable bonds is 4. The number of hydrogen-bond acceptors (Lipinski definition) is 1. The molecule has 1 nitrogen and oxygen atoms in total. The molecule has 0 aliphatic carbocycles. The molecule has 45 heavy (non-hydrogen) atoms. The average molecular weight is 577 g/mol. The number of fused-ring (bicyclic) bond motifs is 5. The molecule has 0 fully saturated rings. The molecule has 0 radical (unpaired) electrons. The van der Waals surface area contributed by atoms with Crippen LogP contribution in [0.2, 0.25) is 0 Å². The van der Waals surface area contributed by atoms with E-state index in [2.05, 4.69) is 36.4 Å². The van der Waals surface area contributed by atoms with E-state index < -0.39 is 0 Å². The van der Waals surface area contributed by atoms with Crippen LogP contribution in [0.3, 0.4) is 0 Å². The summed E-state index contributed by atoms with van der Waals surface area (Å²) in [5, 5.41) is 5.55. The van der Waals surface area contributed by atoms with Crippen molar-refractivity contribution in [3.63, 3.8) is 0 Å². The Bertz CT molecular complexity index is 2660. The Morgan fingerprint density at radius 1 is 0.356 bits per heavy atom. The van der Waals surface area contributed by atoms with Crippen LogP contribution in [0, 0.1) is 0 Å². The van der Waals surface area contributed by atoms with Gasteiger partial charge in [0.2, 0.25) is 0 Å². The molecule has 1 heterocycles. The van der Waals surface area contributed by atoms with Gasteiger partial charge in [0.1, 0.15) is 11.2 Å². The Hall–Kier alpha value is -5.92. The van der Waals surface area contributed by atoms with Crippen LogP contribution in [0.5, 0.6) is 0 Å². The lowest BCUT2D eigenvalue weighted by molar-refractivity contribution is 0.670. The van der Waals surface area contributed by atoms with E-state index in [1.165, 1.54) is 0 Å². The lowest BCUT2D eigenvalue weighted by atomic mass is 9.86. The number of furan rings is 1. The third kappa shape index (κ3) is 4.17. The van der Waals surface area contributed by atoms with Crippen molar-refractivity contribution in [1.82, 2.24) is 0 Å². The van der Waals surface area contributed by atoms with E-state index in [4.69, 9.17) is 4.42 Å². The average Bonchev–Trinajstić information content (AvgIpc) is 3.53. The third-order valence-electron chi connectivity index (χ3n) is 8.74. The van der Waals surface area contributed by atoms with E-state index in [9.17, 15) is 5.48 Å². The summed E-state index contributed by atoms with van der Waals surface area (Å²) in [7, 11) is 0. The Kier molecular flexibility index (Phi) is 5.00. The fourth-order valence-corrected chi connectivity index (χ4v) is 6.69. The van der Waals surface area contributed by atoms with Crippen LogP contribution < -0.4 is 0 Å². The quantitative estimate of drug-likeness (QED) is 0.190. The maximum atomic E-state index is 9.41. The minimum Gasteiger partial charge on any atom is -0.455 e. The predicted molar refractivity (Wildman–Crippen MR) is 190 cm³/mol. The second-order valence-electron chi connectivity index (χ2n) is 11.3. The van der Waals surface area contributed by atoms with Crippen molar-refractivity contribution in [1.29, 1.82) is 0 Å². The lowest BCUT2D eigenvalue weighted by Crippen LogP contribution is -1.90. The van der Waals surface area contributed by atoms with Crippen molar-refractivity contribution < 1.29 is 9.90 Å². The molecule has 1 heteroatoms. The van der Waals surface area contributed by atoms with Gasteiger partial charge in [0.25, 0.3) is 0 Å². The first-order valence-electron chi connectivity index (χ1n) is 17.1. The third-order valence-corrected chi connectivity index (χ3v) is 8.74. The normalized spacial score (nSPS) is 12.8. The Labute approximate surface area is 267 Å². The first-order chi connectivity index (χ1) is 24.0. The van der Waals surface area contributed by atoms with Crippen LogP contribution in [-0.4, -0.2) is 0 Å². The highest BCUT2D eigenvalue weighted by molar-refractivity contribution is 6.21. The minimum absolute atomic E-state index is 0.0673. The monoisotopic (exact) mass is 576 g/mol. The zero-order chi connectivity index (χ0) is 33.2. The Morgan fingerprint density at radius 2 is 0.867 bits per heavy atom. The van der Waals surface area contributed by atoms with E-state index in [0.717, 1.165) is 60.2 Å². The highest BCUT2D eigenvalue weighted by Gasteiger charge is 2.17. The molecular weight excluding hydrogens is 544 g/mol. The summed E-state index contributed by atoms with van der Waals surface area (Å²) in [6.07, 6.45) is 0. The summed E-state index contributed by atoms with van der Waals surface area (Å²) >= 11 is 0. The van der Waals surface area contributed by atoms with Gasteiger partial charge in [0, 0.05) is 16.3 Å². The number of hydrogen-bond donors (Lipinski definition) is 0. The number of para-hydroxylation sites is 1. The van der Waals surface area contributed by atoms with Crippen molar-refractivity contribution in [3.05, 3.63) is 170 Å². The largest absolute Gasteiger partial charge is 0.455 e. The summed E-state index contributed by atoms with van der Waals surface area (Å²) < 4.78 is 43.8.